The summed E-state index contributed by atoms with van der Waals surface area (Å²) in [6.07, 6.45) is 0. The van der Waals surface area contributed by atoms with E-state index in [9.17, 15) is 18.3 Å². The summed E-state index contributed by atoms with van der Waals surface area (Å²) in [6, 6.07) is 9.77. The van der Waals surface area contributed by atoms with Crippen molar-refractivity contribution >= 4 is 37.6 Å². The maximum Gasteiger partial charge on any atom is 0.339 e. The highest BCUT2D eigenvalue weighted by molar-refractivity contribution is 9.10. The van der Waals surface area contributed by atoms with Crippen molar-refractivity contribution in [1.29, 1.82) is 0 Å². The number of phenols is 1. The van der Waals surface area contributed by atoms with E-state index in [0.717, 1.165) is 0 Å². The molecule has 0 unspecified atom stereocenters. The Kier molecular flexibility index (Phi) is 4.19. The van der Waals surface area contributed by atoms with Crippen molar-refractivity contribution in [3.8, 4) is 5.75 Å². The van der Waals surface area contributed by atoms with Crippen LogP contribution >= 0.6 is 15.9 Å². The number of nitrogens with one attached hydrogen (secondary N) is 1. The lowest BCUT2D eigenvalue weighted by atomic mass is 10.2. The molecule has 0 saturated carbocycles. The van der Waals surface area contributed by atoms with E-state index in [1.54, 1.807) is 12.1 Å². The predicted octanol–water partition coefficient (Wildman–Crippen LogP) is 2.65. The molecule has 0 amide bonds. The molecular formula is C13H10BrNO5S. The first-order valence-electron chi connectivity index (χ1n) is 5.65. The van der Waals surface area contributed by atoms with E-state index in [-0.39, 0.29) is 16.1 Å². The van der Waals surface area contributed by atoms with Crippen molar-refractivity contribution in [2.75, 3.05) is 4.72 Å². The van der Waals surface area contributed by atoms with Gasteiger partial charge >= 0.3 is 5.97 Å². The number of benzene rings is 2. The first kappa shape index (κ1) is 15.3. The lowest BCUT2D eigenvalue weighted by molar-refractivity contribution is 0.0694. The molecule has 0 heterocycles. The van der Waals surface area contributed by atoms with Crippen molar-refractivity contribution in [1.82, 2.24) is 0 Å². The predicted molar refractivity (Wildman–Crippen MR) is 80.0 cm³/mol. The third kappa shape index (κ3) is 3.34. The number of carboxylic acid groups (broad SMARTS) is 1. The van der Waals surface area contributed by atoms with Crippen LogP contribution < -0.4 is 4.72 Å². The second-order valence-corrected chi connectivity index (χ2v) is 6.67. The Morgan fingerprint density at radius 2 is 1.81 bits per heavy atom. The number of hydrogen-bond acceptors (Lipinski definition) is 4. The lowest BCUT2D eigenvalue weighted by Gasteiger charge is -2.11. The molecule has 2 aromatic rings. The van der Waals surface area contributed by atoms with Gasteiger partial charge in [0.2, 0.25) is 0 Å². The number of anilines is 1. The molecule has 0 radical (unpaired) electrons. The number of para-hydroxylation sites is 1. The maximum atomic E-state index is 12.2. The average Bonchev–Trinajstić information content (AvgIpc) is 2.40. The average molecular weight is 372 g/mol. The molecule has 0 atom stereocenters. The lowest BCUT2D eigenvalue weighted by Crippen LogP contribution is -2.13. The molecule has 110 valence electrons. The largest absolute Gasteiger partial charge is 0.505 e. The van der Waals surface area contributed by atoms with Crippen LogP contribution in [0, 0.1) is 0 Å². The van der Waals surface area contributed by atoms with Gasteiger partial charge in [0, 0.05) is 4.47 Å². The minimum absolute atomic E-state index is 0.0167. The number of sulfonamides is 1. The van der Waals surface area contributed by atoms with Crippen molar-refractivity contribution in [2.45, 2.75) is 4.90 Å². The Balaban J connectivity index is 2.42. The molecule has 0 bridgehead atoms. The van der Waals surface area contributed by atoms with Gasteiger partial charge in [-0.15, -0.1) is 0 Å². The number of aromatic carboxylic acids is 1. The van der Waals surface area contributed by atoms with Crippen LogP contribution in [0.1, 0.15) is 10.4 Å². The fourth-order valence-electron chi connectivity index (χ4n) is 1.64. The summed E-state index contributed by atoms with van der Waals surface area (Å²) in [7, 11) is -3.93. The summed E-state index contributed by atoms with van der Waals surface area (Å²) < 4.78 is 27.1. The molecule has 2 aromatic carbocycles. The number of halogens is 1. The van der Waals surface area contributed by atoms with E-state index >= 15 is 0 Å². The molecule has 21 heavy (non-hydrogen) atoms. The summed E-state index contributed by atoms with van der Waals surface area (Å²) in [5, 5.41) is 18.7. The van der Waals surface area contributed by atoms with E-state index in [2.05, 4.69) is 20.7 Å². The van der Waals surface area contributed by atoms with Crippen LogP contribution in [0.25, 0.3) is 0 Å². The molecular weight excluding hydrogens is 362 g/mol. The number of hydrogen-bond donors (Lipinski definition) is 3. The van der Waals surface area contributed by atoms with E-state index < -0.39 is 21.7 Å². The normalized spacial score (nSPS) is 11.1. The monoisotopic (exact) mass is 371 g/mol. The Bertz CT molecular complexity index is 804. The Labute approximate surface area is 129 Å². The molecule has 0 saturated heterocycles. The highest BCUT2D eigenvalue weighted by Gasteiger charge is 2.19. The third-order valence-corrected chi connectivity index (χ3v) is 4.47. The SMILES string of the molecule is O=C(O)c1cccc(NS(=O)(=O)c2cccc(Br)c2)c1O. The minimum Gasteiger partial charge on any atom is -0.505 e. The van der Waals surface area contributed by atoms with E-state index in [4.69, 9.17) is 5.11 Å². The number of aromatic hydroxyl groups is 1. The number of rotatable bonds is 4. The highest BCUT2D eigenvalue weighted by Crippen LogP contribution is 2.29. The zero-order valence-electron chi connectivity index (χ0n) is 10.4. The molecule has 2 rings (SSSR count). The topological polar surface area (TPSA) is 104 Å². The smallest absolute Gasteiger partial charge is 0.339 e. The van der Waals surface area contributed by atoms with Crippen LogP contribution in [-0.2, 0) is 10.0 Å². The van der Waals surface area contributed by atoms with Crippen LogP contribution in [0.3, 0.4) is 0 Å². The fraction of sp³-hybridized carbons (Fsp3) is 0. The first-order valence-corrected chi connectivity index (χ1v) is 7.92. The third-order valence-electron chi connectivity index (χ3n) is 2.62. The summed E-state index contributed by atoms with van der Waals surface area (Å²) in [4.78, 5) is 10.9. The Hall–Kier alpha value is -2.06. The van der Waals surface area contributed by atoms with Crippen LogP contribution in [0.5, 0.6) is 5.75 Å². The molecule has 8 heteroatoms. The van der Waals surface area contributed by atoms with E-state index in [1.807, 2.05) is 0 Å². The van der Waals surface area contributed by atoms with Crippen LogP contribution in [0.2, 0.25) is 0 Å². The van der Waals surface area contributed by atoms with Crippen LogP contribution in [-0.4, -0.2) is 24.6 Å². The minimum atomic E-state index is -3.93. The van der Waals surface area contributed by atoms with Gasteiger partial charge in [-0.2, -0.15) is 0 Å². The van der Waals surface area contributed by atoms with Crippen molar-refractivity contribution in [2.24, 2.45) is 0 Å². The van der Waals surface area contributed by atoms with Crippen LogP contribution in [0.4, 0.5) is 5.69 Å². The Morgan fingerprint density at radius 1 is 1.14 bits per heavy atom. The summed E-state index contributed by atoms with van der Waals surface area (Å²) in [6.45, 7) is 0. The Morgan fingerprint density at radius 3 is 2.43 bits per heavy atom. The van der Waals surface area contributed by atoms with Crippen molar-refractivity contribution < 1.29 is 23.4 Å². The second kappa shape index (κ2) is 5.74. The van der Waals surface area contributed by atoms with Gasteiger partial charge in [-0.3, -0.25) is 4.72 Å². The van der Waals surface area contributed by atoms with Gasteiger partial charge in [-0.25, -0.2) is 13.2 Å². The standard InChI is InChI=1S/C13H10BrNO5S/c14-8-3-1-4-9(7-8)21(19,20)15-11-6-2-5-10(12(11)16)13(17)18/h1-7,15-16H,(H,17,18). The van der Waals surface area contributed by atoms with E-state index in [0.29, 0.717) is 4.47 Å². The van der Waals surface area contributed by atoms with Crippen molar-refractivity contribution in [3.05, 3.63) is 52.5 Å². The van der Waals surface area contributed by atoms with Gasteiger partial charge in [0.25, 0.3) is 10.0 Å². The maximum absolute atomic E-state index is 12.2. The van der Waals surface area contributed by atoms with Gasteiger partial charge in [-0.1, -0.05) is 28.1 Å². The summed E-state index contributed by atoms with van der Waals surface area (Å²) in [5.41, 5.74) is -0.584. The zero-order valence-corrected chi connectivity index (χ0v) is 12.8. The summed E-state index contributed by atoms with van der Waals surface area (Å²) >= 11 is 3.17. The van der Waals surface area contributed by atoms with Crippen molar-refractivity contribution in [3.63, 3.8) is 0 Å². The molecule has 0 spiro atoms. The van der Waals surface area contributed by atoms with Gasteiger partial charge in [0.15, 0.2) is 5.75 Å². The molecule has 6 nitrogen and oxygen atoms in total. The molecule has 0 aliphatic carbocycles. The first-order chi connectivity index (χ1) is 9.81. The quantitative estimate of drug-likeness (QED) is 0.716. The molecule has 0 aliphatic heterocycles. The van der Waals surface area contributed by atoms with E-state index in [1.165, 1.54) is 30.3 Å². The summed E-state index contributed by atoms with van der Waals surface area (Å²) in [5.74, 6) is -1.99. The molecule has 0 aromatic heterocycles. The van der Waals surface area contributed by atoms with Gasteiger partial charge < -0.3 is 10.2 Å². The fourth-order valence-corrected chi connectivity index (χ4v) is 3.30. The highest BCUT2D eigenvalue weighted by atomic mass is 79.9. The zero-order chi connectivity index (χ0) is 15.6. The molecule has 3 N–H and O–H groups in total. The molecule has 0 fully saturated rings. The number of carbonyl (C=O) groups is 1. The number of carboxylic acids is 1. The van der Waals surface area contributed by atoms with Crippen LogP contribution in [0.15, 0.2) is 51.8 Å². The van der Waals surface area contributed by atoms with Gasteiger partial charge in [0.1, 0.15) is 5.56 Å². The van der Waals surface area contributed by atoms with Gasteiger partial charge in [-0.05, 0) is 30.3 Å². The molecule has 0 aliphatic rings. The second-order valence-electron chi connectivity index (χ2n) is 4.07. The van der Waals surface area contributed by atoms with Gasteiger partial charge in [0.05, 0.1) is 10.6 Å².